The minimum absolute atomic E-state index is 1.12. The van der Waals surface area contributed by atoms with Gasteiger partial charge in [0.25, 0.3) is 0 Å². The van der Waals surface area contributed by atoms with Gasteiger partial charge >= 0.3 is 0 Å². The van der Waals surface area contributed by atoms with E-state index >= 15 is 0 Å². The lowest BCUT2D eigenvalue weighted by Gasteiger charge is -2.10. The summed E-state index contributed by atoms with van der Waals surface area (Å²) in [5.74, 6) is 0. The molecule has 0 aromatic heterocycles. The molecule has 1 rings (SSSR count). The number of hydrogen-bond donors (Lipinski definition) is 1. The van der Waals surface area contributed by atoms with Crippen molar-refractivity contribution in [3.05, 3.63) is 22.8 Å². The summed E-state index contributed by atoms with van der Waals surface area (Å²) in [6.07, 6.45) is 0. The highest BCUT2D eigenvalue weighted by Crippen LogP contribution is 2.16. The zero-order valence-corrected chi connectivity index (χ0v) is 10.4. The van der Waals surface area contributed by atoms with E-state index in [2.05, 4.69) is 39.5 Å². The summed E-state index contributed by atoms with van der Waals surface area (Å²) in [4.78, 5) is 1.12. The van der Waals surface area contributed by atoms with Crippen LogP contribution < -0.4 is 5.19 Å². The van der Waals surface area contributed by atoms with Crippen molar-refractivity contribution in [3.63, 3.8) is 0 Å². The fourth-order valence-electron chi connectivity index (χ4n) is 1.19. The van der Waals surface area contributed by atoms with Crippen LogP contribution in [0, 0.1) is 20.8 Å². The molecule has 0 N–H and O–H groups in total. The number of thiol groups is 1. The highest BCUT2D eigenvalue weighted by Gasteiger charge is 2.02. The van der Waals surface area contributed by atoms with Crippen molar-refractivity contribution in [2.24, 2.45) is 0 Å². The Bertz CT molecular complexity index is 266. The lowest BCUT2D eigenvalue weighted by atomic mass is 10.1. The second-order valence-corrected chi connectivity index (χ2v) is 4.57. The van der Waals surface area contributed by atoms with E-state index in [0.29, 0.717) is 0 Å². The molecule has 0 aliphatic heterocycles. The Morgan fingerprint density at radius 3 is 2.27 bits per heavy atom. The van der Waals surface area contributed by atoms with Gasteiger partial charge < -0.3 is 0 Å². The Balaban J connectivity index is 3.46. The third-order valence-corrected chi connectivity index (χ3v) is 4.46. The summed E-state index contributed by atoms with van der Waals surface area (Å²) in [5, 5.41) is 1.53. The van der Waals surface area contributed by atoms with Crippen molar-refractivity contribution < 1.29 is 0 Å². The van der Waals surface area contributed by atoms with Crippen LogP contribution in [0.5, 0.6) is 0 Å². The zero-order valence-electron chi connectivity index (χ0n) is 7.52. The molecule has 0 fully saturated rings. The van der Waals surface area contributed by atoms with Crippen LogP contribution in [0.2, 0.25) is 0 Å². The fourth-order valence-corrected chi connectivity index (χ4v) is 2.07. The number of hydrogen-bond acceptors (Lipinski definition) is 1. The number of aryl methyl sites for hydroxylation is 1. The molecule has 0 nitrogen and oxygen atoms in total. The number of rotatable bonds is 0. The molecular weight excluding hydrogens is 168 g/mol. The van der Waals surface area contributed by atoms with Gasteiger partial charge in [0.2, 0.25) is 0 Å². The Kier molecular flexibility index (Phi) is 2.45. The largest absolute Gasteiger partial charge is 0.143 e. The first-order valence-corrected chi connectivity index (χ1v) is 5.25. The van der Waals surface area contributed by atoms with Gasteiger partial charge in [-0.3, -0.25) is 0 Å². The Hall–Kier alpha value is -0.213. The van der Waals surface area contributed by atoms with Crippen molar-refractivity contribution in [2.45, 2.75) is 25.7 Å². The Morgan fingerprint density at radius 2 is 1.73 bits per heavy atom. The van der Waals surface area contributed by atoms with Crippen molar-refractivity contribution in [2.75, 3.05) is 0 Å². The molecule has 0 radical (unpaired) electrons. The molecule has 11 heavy (non-hydrogen) atoms. The molecule has 0 saturated heterocycles. The van der Waals surface area contributed by atoms with E-state index in [1.54, 1.807) is 0 Å². The average molecular weight is 182 g/mol. The third-order valence-electron chi connectivity index (χ3n) is 2.45. The molecular formula is C9H14SSi. The molecule has 0 saturated carbocycles. The van der Waals surface area contributed by atoms with E-state index in [-0.39, 0.29) is 0 Å². The third kappa shape index (κ3) is 1.52. The van der Waals surface area contributed by atoms with Gasteiger partial charge in [-0.05, 0) is 38.0 Å². The minimum atomic E-state index is 1.12. The molecule has 0 aliphatic carbocycles. The van der Waals surface area contributed by atoms with Crippen LogP contribution in [-0.4, -0.2) is 10.2 Å². The fraction of sp³-hybridized carbons (Fsp3) is 0.333. The van der Waals surface area contributed by atoms with Crippen molar-refractivity contribution in [1.82, 2.24) is 0 Å². The molecule has 1 aromatic carbocycles. The lowest BCUT2D eigenvalue weighted by molar-refractivity contribution is 1.23. The first-order chi connectivity index (χ1) is 5.04. The predicted molar refractivity (Wildman–Crippen MR) is 57.5 cm³/mol. The van der Waals surface area contributed by atoms with E-state index in [1.165, 1.54) is 21.9 Å². The highest BCUT2D eigenvalue weighted by atomic mass is 32.1. The second kappa shape index (κ2) is 3.03. The van der Waals surface area contributed by atoms with Gasteiger partial charge in [-0.25, -0.2) is 0 Å². The molecule has 0 aliphatic rings. The van der Waals surface area contributed by atoms with Crippen molar-refractivity contribution in [1.29, 1.82) is 0 Å². The topological polar surface area (TPSA) is 0 Å². The summed E-state index contributed by atoms with van der Waals surface area (Å²) in [5.41, 5.74) is 4.16. The van der Waals surface area contributed by atoms with Crippen LogP contribution in [-0.2, 0) is 0 Å². The predicted octanol–water partition coefficient (Wildman–Crippen LogP) is 0.891. The van der Waals surface area contributed by atoms with E-state index in [9.17, 15) is 0 Å². The molecule has 0 heterocycles. The molecule has 0 unspecified atom stereocenters. The summed E-state index contributed by atoms with van der Waals surface area (Å²) in [7, 11) is 1.14. The van der Waals surface area contributed by atoms with Crippen molar-refractivity contribution in [3.8, 4) is 0 Å². The molecule has 0 amide bonds. The summed E-state index contributed by atoms with van der Waals surface area (Å²) >= 11 is 4.40. The molecule has 60 valence electrons. The molecule has 0 atom stereocenters. The van der Waals surface area contributed by atoms with E-state index in [1.807, 2.05) is 0 Å². The van der Waals surface area contributed by atoms with E-state index in [0.717, 1.165) is 15.1 Å². The Morgan fingerprint density at radius 1 is 1.18 bits per heavy atom. The molecule has 1 aromatic rings. The second-order valence-electron chi connectivity index (χ2n) is 3.09. The van der Waals surface area contributed by atoms with Crippen LogP contribution in [0.1, 0.15) is 16.7 Å². The van der Waals surface area contributed by atoms with Gasteiger partial charge in [0, 0.05) is 15.1 Å². The quantitative estimate of drug-likeness (QED) is 0.447. The van der Waals surface area contributed by atoms with Gasteiger partial charge in [-0.15, -0.1) is 12.6 Å². The van der Waals surface area contributed by atoms with Crippen molar-refractivity contribution >= 4 is 28.1 Å². The van der Waals surface area contributed by atoms with Gasteiger partial charge in [-0.2, -0.15) is 0 Å². The normalized spacial score (nSPS) is 10.5. The SMILES string of the molecule is Cc1cc(S)c(C)c(C)c1[SiH3]. The maximum atomic E-state index is 4.40. The monoisotopic (exact) mass is 182 g/mol. The summed E-state index contributed by atoms with van der Waals surface area (Å²) in [6, 6.07) is 2.16. The molecule has 0 bridgehead atoms. The van der Waals surface area contributed by atoms with Gasteiger partial charge in [0.05, 0.1) is 0 Å². The van der Waals surface area contributed by atoms with Crippen LogP contribution in [0.25, 0.3) is 0 Å². The minimum Gasteiger partial charge on any atom is -0.143 e. The van der Waals surface area contributed by atoms with Gasteiger partial charge in [-0.1, -0.05) is 10.8 Å². The summed E-state index contributed by atoms with van der Waals surface area (Å²) < 4.78 is 0. The first-order valence-electron chi connectivity index (χ1n) is 3.80. The average Bonchev–Trinajstić information content (AvgIpc) is 1.97. The zero-order chi connectivity index (χ0) is 8.59. The van der Waals surface area contributed by atoms with E-state index in [4.69, 9.17) is 0 Å². The van der Waals surface area contributed by atoms with Gasteiger partial charge in [0.15, 0.2) is 0 Å². The number of benzene rings is 1. The highest BCUT2D eigenvalue weighted by molar-refractivity contribution is 7.80. The maximum absolute atomic E-state index is 4.40. The van der Waals surface area contributed by atoms with E-state index < -0.39 is 0 Å². The first kappa shape index (κ1) is 8.88. The van der Waals surface area contributed by atoms with Crippen LogP contribution in [0.3, 0.4) is 0 Å². The van der Waals surface area contributed by atoms with Crippen LogP contribution in [0.4, 0.5) is 0 Å². The smallest absolute Gasteiger partial charge is 0.0392 e. The maximum Gasteiger partial charge on any atom is 0.0392 e. The standard InChI is InChI=1S/C9H14SSi/c1-5-4-8(10)6(2)7(3)9(5)11/h4,10H,1-3,11H3. The molecule has 2 heteroatoms. The lowest BCUT2D eigenvalue weighted by Crippen LogP contribution is -2.13. The Labute approximate surface area is 76.9 Å². The molecule has 0 spiro atoms. The van der Waals surface area contributed by atoms with Crippen LogP contribution in [0.15, 0.2) is 11.0 Å². The van der Waals surface area contributed by atoms with Gasteiger partial charge in [0.1, 0.15) is 0 Å². The van der Waals surface area contributed by atoms with Crippen LogP contribution >= 0.6 is 12.6 Å². The summed E-state index contributed by atoms with van der Waals surface area (Å²) in [6.45, 7) is 6.48.